The maximum atomic E-state index is 11.5. The minimum Gasteiger partial charge on any atom is -0.480 e. The van der Waals surface area contributed by atoms with Gasteiger partial charge in [0.15, 0.2) is 0 Å². The van der Waals surface area contributed by atoms with Gasteiger partial charge in [-0.3, -0.25) is 14.7 Å². The zero-order valence-electron chi connectivity index (χ0n) is 12.4. The van der Waals surface area contributed by atoms with Crippen LogP contribution in [0.2, 0.25) is 0 Å². The minimum atomic E-state index is -0.732. The molecule has 0 radical (unpaired) electrons. The molecule has 110 valence electrons. The van der Waals surface area contributed by atoms with E-state index in [1.807, 2.05) is 44.1 Å². The van der Waals surface area contributed by atoms with Crippen LogP contribution < -0.4 is 0 Å². The highest BCUT2D eigenvalue weighted by molar-refractivity contribution is 5.73. The fourth-order valence-corrected chi connectivity index (χ4v) is 2.81. The molecule has 0 amide bonds. The Bertz CT molecular complexity index is 476. The van der Waals surface area contributed by atoms with E-state index >= 15 is 0 Å². The van der Waals surface area contributed by atoms with Crippen molar-refractivity contribution < 1.29 is 9.90 Å². The van der Waals surface area contributed by atoms with E-state index in [9.17, 15) is 9.90 Å². The Hall–Kier alpha value is -1.46. The summed E-state index contributed by atoms with van der Waals surface area (Å²) in [6.45, 7) is 3.37. The number of carboxylic acids is 1. The molecule has 0 bridgehead atoms. The second-order valence-electron chi connectivity index (χ2n) is 5.74. The smallest absolute Gasteiger partial charge is 0.320 e. The van der Waals surface area contributed by atoms with Crippen molar-refractivity contribution in [2.24, 2.45) is 0 Å². The summed E-state index contributed by atoms with van der Waals surface area (Å²) >= 11 is 0. The van der Waals surface area contributed by atoms with Crippen LogP contribution in [0.4, 0.5) is 0 Å². The van der Waals surface area contributed by atoms with E-state index in [1.54, 1.807) is 0 Å². The lowest BCUT2D eigenvalue weighted by Crippen LogP contribution is -2.51. The van der Waals surface area contributed by atoms with Crippen LogP contribution in [0.5, 0.6) is 0 Å². The molecule has 1 aliphatic heterocycles. The van der Waals surface area contributed by atoms with E-state index in [-0.39, 0.29) is 0 Å². The molecule has 0 spiro atoms. The van der Waals surface area contributed by atoms with E-state index in [1.165, 1.54) is 0 Å². The van der Waals surface area contributed by atoms with Crippen molar-refractivity contribution in [1.82, 2.24) is 14.8 Å². The SMILES string of the molecule is Cc1cccc(CN2CCC(N(C)C)CC2C(=O)O)n1. The maximum absolute atomic E-state index is 11.5. The monoisotopic (exact) mass is 277 g/mol. The first-order valence-corrected chi connectivity index (χ1v) is 7.03. The molecular weight excluding hydrogens is 254 g/mol. The van der Waals surface area contributed by atoms with Gasteiger partial charge in [0, 0.05) is 24.8 Å². The molecule has 1 aromatic heterocycles. The molecule has 1 fully saturated rings. The number of carboxylic acid groups (broad SMARTS) is 1. The number of aromatic nitrogens is 1. The molecule has 20 heavy (non-hydrogen) atoms. The molecule has 1 saturated heterocycles. The van der Waals surface area contributed by atoms with Gasteiger partial charge >= 0.3 is 5.97 Å². The van der Waals surface area contributed by atoms with Crippen LogP contribution in [0.1, 0.15) is 24.2 Å². The predicted octanol–water partition coefficient (Wildman–Crippen LogP) is 1.37. The average Bonchev–Trinajstić information content (AvgIpc) is 2.38. The van der Waals surface area contributed by atoms with E-state index in [0.717, 1.165) is 24.4 Å². The van der Waals surface area contributed by atoms with Crippen LogP contribution >= 0.6 is 0 Å². The molecule has 0 aliphatic carbocycles. The molecule has 1 aromatic rings. The van der Waals surface area contributed by atoms with Crippen LogP contribution in [-0.2, 0) is 11.3 Å². The number of nitrogens with zero attached hydrogens (tertiary/aromatic N) is 3. The van der Waals surface area contributed by atoms with Crippen LogP contribution in [0.3, 0.4) is 0 Å². The summed E-state index contributed by atoms with van der Waals surface area (Å²) in [5.74, 6) is -0.732. The van der Waals surface area contributed by atoms with Crippen molar-refractivity contribution >= 4 is 5.97 Å². The lowest BCUT2D eigenvalue weighted by Gasteiger charge is -2.39. The first-order chi connectivity index (χ1) is 9.47. The van der Waals surface area contributed by atoms with Gasteiger partial charge in [0.2, 0.25) is 0 Å². The van der Waals surface area contributed by atoms with Gasteiger partial charge in [-0.1, -0.05) is 6.07 Å². The Morgan fingerprint density at radius 1 is 1.50 bits per heavy atom. The van der Waals surface area contributed by atoms with Crippen LogP contribution in [0.25, 0.3) is 0 Å². The summed E-state index contributed by atoms with van der Waals surface area (Å²) < 4.78 is 0. The Kier molecular flexibility index (Phi) is 4.73. The molecule has 5 heteroatoms. The number of aliphatic carboxylic acids is 1. The minimum absolute atomic E-state index is 0.345. The van der Waals surface area contributed by atoms with Crippen molar-refractivity contribution in [3.8, 4) is 0 Å². The van der Waals surface area contributed by atoms with E-state index < -0.39 is 12.0 Å². The highest BCUT2D eigenvalue weighted by atomic mass is 16.4. The summed E-state index contributed by atoms with van der Waals surface area (Å²) in [6.07, 6.45) is 1.68. The van der Waals surface area contributed by atoms with E-state index in [4.69, 9.17) is 0 Å². The van der Waals surface area contributed by atoms with Crippen molar-refractivity contribution in [2.75, 3.05) is 20.6 Å². The number of aryl methyl sites for hydroxylation is 1. The Balaban J connectivity index is 2.08. The van der Waals surface area contributed by atoms with Gasteiger partial charge in [0.25, 0.3) is 0 Å². The number of likely N-dealkylation sites (tertiary alicyclic amines) is 1. The third kappa shape index (κ3) is 3.55. The van der Waals surface area contributed by atoms with Gasteiger partial charge in [-0.15, -0.1) is 0 Å². The predicted molar refractivity (Wildman–Crippen MR) is 77.5 cm³/mol. The van der Waals surface area contributed by atoms with Gasteiger partial charge in [0.1, 0.15) is 6.04 Å². The van der Waals surface area contributed by atoms with Crippen molar-refractivity contribution in [2.45, 2.75) is 38.4 Å². The maximum Gasteiger partial charge on any atom is 0.320 e. The van der Waals surface area contributed by atoms with Crippen molar-refractivity contribution in [3.63, 3.8) is 0 Å². The summed E-state index contributed by atoms with van der Waals surface area (Å²) in [7, 11) is 4.03. The van der Waals surface area contributed by atoms with Gasteiger partial charge < -0.3 is 10.0 Å². The normalized spacial score (nSPS) is 24.0. The van der Waals surface area contributed by atoms with Gasteiger partial charge in [-0.25, -0.2) is 0 Å². The zero-order valence-corrected chi connectivity index (χ0v) is 12.4. The van der Waals surface area contributed by atoms with Crippen LogP contribution in [-0.4, -0.2) is 58.6 Å². The topological polar surface area (TPSA) is 56.7 Å². The fraction of sp³-hybridized carbons (Fsp3) is 0.600. The van der Waals surface area contributed by atoms with Crippen LogP contribution in [0.15, 0.2) is 18.2 Å². The fourth-order valence-electron chi connectivity index (χ4n) is 2.81. The Morgan fingerprint density at radius 3 is 2.85 bits per heavy atom. The summed E-state index contributed by atoms with van der Waals surface area (Å²) in [4.78, 5) is 20.1. The first-order valence-electron chi connectivity index (χ1n) is 7.03. The van der Waals surface area contributed by atoms with Crippen molar-refractivity contribution in [3.05, 3.63) is 29.6 Å². The standard InChI is InChI=1S/C15H23N3O2/c1-11-5-4-6-12(16-11)10-18-8-7-13(17(2)3)9-14(18)15(19)20/h4-6,13-14H,7-10H2,1-3H3,(H,19,20). The van der Waals surface area contributed by atoms with Gasteiger partial charge in [-0.2, -0.15) is 0 Å². The Morgan fingerprint density at radius 2 is 2.25 bits per heavy atom. The molecule has 0 aromatic carbocycles. The third-order valence-corrected chi connectivity index (χ3v) is 4.01. The largest absolute Gasteiger partial charge is 0.480 e. The highest BCUT2D eigenvalue weighted by Crippen LogP contribution is 2.22. The lowest BCUT2D eigenvalue weighted by molar-refractivity contribution is -0.145. The summed E-state index contributed by atoms with van der Waals surface area (Å²) in [5.41, 5.74) is 1.91. The van der Waals surface area contributed by atoms with Crippen LogP contribution in [0, 0.1) is 6.92 Å². The molecule has 5 nitrogen and oxygen atoms in total. The Labute approximate surface area is 120 Å². The first kappa shape index (κ1) is 14.9. The second kappa shape index (κ2) is 6.33. The third-order valence-electron chi connectivity index (χ3n) is 4.01. The lowest BCUT2D eigenvalue weighted by atomic mass is 9.96. The number of carbonyl (C=O) groups is 1. The zero-order chi connectivity index (χ0) is 14.7. The molecule has 1 aliphatic rings. The van der Waals surface area contributed by atoms with E-state index in [2.05, 4.69) is 9.88 Å². The number of piperidine rings is 1. The number of rotatable bonds is 4. The van der Waals surface area contributed by atoms with E-state index in [0.29, 0.717) is 19.0 Å². The highest BCUT2D eigenvalue weighted by Gasteiger charge is 2.34. The average molecular weight is 277 g/mol. The summed E-state index contributed by atoms with van der Waals surface area (Å²) in [6, 6.07) is 5.82. The van der Waals surface area contributed by atoms with Gasteiger partial charge in [-0.05, 0) is 46.0 Å². The quantitative estimate of drug-likeness (QED) is 0.901. The number of hydrogen-bond acceptors (Lipinski definition) is 4. The van der Waals surface area contributed by atoms with Crippen molar-refractivity contribution in [1.29, 1.82) is 0 Å². The molecule has 2 atom stereocenters. The molecular formula is C15H23N3O2. The van der Waals surface area contributed by atoms with Gasteiger partial charge in [0.05, 0.1) is 5.69 Å². The molecule has 2 rings (SSSR count). The number of pyridine rings is 1. The molecule has 1 N–H and O–H groups in total. The second-order valence-corrected chi connectivity index (χ2v) is 5.74. The molecule has 2 unspecified atom stereocenters. The number of hydrogen-bond donors (Lipinski definition) is 1. The summed E-state index contributed by atoms with van der Waals surface area (Å²) in [5, 5.41) is 9.46. The molecule has 2 heterocycles. The molecule has 0 saturated carbocycles.